The number of hydrogen-bond donors (Lipinski definition) is 2. The van der Waals surface area contributed by atoms with Crippen molar-refractivity contribution < 1.29 is 0 Å². The summed E-state index contributed by atoms with van der Waals surface area (Å²) in [5.41, 5.74) is 9.31. The summed E-state index contributed by atoms with van der Waals surface area (Å²) in [5, 5.41) is 3.67. The summed E-state index contributed by atoms with van der Waals surface area (Å²) in [5.74, 6) is 0.824. The summed E-state index contributed by atoms with van der Waals surface area (Å²) in [6, 6.07) is 6.88. The van der Waals surface area contributed by atoms with Gasteiger partial charge in [-0.05, 0) is 49.8 Å². The molecule has 100 valence electrons. The SMILES string of the molecule is CCC(Nc1ccc(C)cc1N)C1CCCCC1. The van der Waals surface area contributed by atoms with Gasteiger partial charge in [0.2, 0.25) is 0 Å². The zero-order valence-corrected chi connectivity index (χ0v) is 11.7. The van der Waals surface area contributed by atoms with Crippen LogP contribution in [0.2, 0.25) is 0 Å². The van der Waals surface area contributed by atoms with Crippen LogP contribution in [0.3, 0.4) is 0 Å². The minimum atomic E-state index is 0.579. The maximum Gasteiger partial charge on any atom is 0.0576 e. The molecule has 1 aliphatic carbocycles. The van der Waals surface area contributed by atoms with E-state index >= 15 is 0 Å². The highest BCUT2D eigenvalue weighted by atomic mass is 14.9. The molecular formula is C16H26N2. The number of anilines is 2. The molecule has 0 heterocycles. The molecule has 2 rings (SSSR count). The van der Waals surface area contributed by atoms with Crippen molar-refractivity contribution in [1.29, 1.82) is 0 Å². The second-order valence-corrected chi connectivity index (χ2v) is 5.65. The largest absolute Gasteiger partial charge is 0.397 e. The molecular weight excluding hydrogens is 220 g/mol. The minimum absolute atomic E-state index is 0.579. The Morgan fingerprint density at radius 1 is 1.28 bits per heavy atom. The molecule has 0 amide bonds. The van der Waals surface area contributed by atoms with Gasteiger partial charge in [-0.1, -0.05) is 32.3 Å². The Morgan fingerprint density at radius 3 is 2.61 bits per heavy atom. The van der Waals surface area contributed by atoms with E-state index in [4.69, 9.17) is 5.73 Å². The third-order valence-electron chi connectivity index (χ3n) is 4.21. The van der Waals surface area contributed by atoms with Crippen molar-refractivity contribution in [3.63, 3.8) is 0 Å². The minimum Gasteiger partial charge on any atom is -0.397 e. The van der Waals surface area contributed by atoms with Gasteiger partial charge < -0.3 is 11.1 Å². The zero-order valence-electron chi connectivity index (χ0n) is 11.7. The van der Waals surface area contributed by atoms with Crippen LogP contribution in [0.15, 0.2) is 18.2 Å². The molecule has 0 saturated heterocycles. The predicted octanol–water partition coefficient (Wildman–Crippen LogP) is 4.35. The summed E-state index contributed by atoms with van der Waals surface area (Å²) < 4.78 is 0. The quantitative estimate of drug-likeness (QED) is 0.775. The van der Waals surface area contributed by atoms with Crippen molar-refractivity contribution >= 4 is 11.4 Å². The molecule has 1 unspecified atom stereocenters. The smallest absolute Gasteiger partial charge is 0.0576 e. The van der Waals surface area contributed by atoms with Crippen LogP contribution in [0.5, 0.6) is 0 Å². The molecule has 3 N–H and O–H groups in total. The van der Waals surface area contributed by atoms with Crippen LogP contribution in [0.25, 0.3) is 0 Å². The zero-order chi connectivity index (χ0) is 13.0. The highest BCUT2D eigenvalue weighted by molar-refractivity contribution is 5.67. The lowest BCUT2D eigenvalue weighted by Gasteiger charge is -2.31. The fourth-order valence-electron chi connectivity index (χ4n) is 3.10. The highest BCUT2D eigenvalue weighted by Gasteiger charge is 2.22. The van der Waals surface area contributed by atoms with Gasteiger partial charge in [-0.15, -0.1) is 0 Å². The number of nitrogens with one attached hydrogen (secondary N) is 1. The molecule has 0 radical (unpaired) electrons. The molecule has 2 heteroatoms. The number of nitrogens with two attached hydrogens (primary N) is 1. The summed E-state index contributed by atoms with van der Waals surface area (Å²) in [6.45, 7) is 4.36. The number of benzene rings is 1. The Labute approximate surface area is 111 Å². The van der Waals surface area contributed by atoms with Crippen LogP contribution in [-0.2, 0) is 0 Å². The van der Waals surface area contributed by atoms with Crippen molar-refractivity contribution in [3.05, 3.63) is 23.8 Å². The van der Waals surface area contributed by atoms with Gasteiger partial charge in [0.1, 0.15) is 0 Å². The lowest BCUT2D eigenvalue weighted by atomic mass is 9.83. The first kappa shape index (κ1) is 13.3. The number of nitrogen functional groups attached to an aromatic ring is 1. The van der Waals surface area contributed by atoms with E-state index in [1.54, 1.807) is 0 Å². The van der Waals surface area contributed by atoms with Gasteiger partial charge in [0.25, 0.3) is 0 Å². The monoisotopic (exact) mass is 246 g/mol. The van der Waals surface area contributed by atoms with Gasteiger partial charge >= 0.3 is 0 Å². The molecule has 1 fully saturated rings. The van der Waals surface area contributed by atoms with Crippen LogP contribution in [0.1, 0.15) is 51.0 Å². The Bertz CT molecular complexity index is 381. The third kappa shape index (κ3) is 3.18. The molecule has 2 nitrogen and oxygen atoms in total. The van der Waals surface area contributed by atoms with E-state index in [0.29, 0.717) is 6.04 Å². The van der Waals surface area contributed by atoms with Crippen LogP contribution < -0.4 is 11.1 Å². The van der Waals surface area contributed by atoms with E-state index in [1.807, 2.05) is 0 Å². The van der Waals surface area contributed by atoms with Crippen molar-refractivity contribution in [1.82, 2.24) is 0 Å². The molecule has 1 aromatic rings. The van der Waals surface area contributed by atoms with E-state index in [-0.39, 0.29) is 0 Å². The lowest BCUT2D eigenvalue weighted by molar-refractivity contribution is 0.313. The standard InChI is InChI=1S/C16H26N2/c1-3-15(13-7-5-4-6-8-13)18-16-10-9-12(2)11-14(16)17/h9-11,13,15,18H,3-8,17H2,1-2H3. The predicted molar refractivity (Wildman–Crippen MR) is 79.9 cm³/mol. The van der Waals surface area contributed by atoms with E-state index in [1.165, 1.54) is 44.1 Å². The molecule has 0 aromatic heterocycles. The Hall–Kier alpha value is -1.18. The lowest BCUT2D eigenvalue weighted by Crippen LogP contribution is -2.30. The van der Waals surface area contributed by atoms with Crippen LogP contribution in [-0.4, -0.2) is 6.04 Å². The van der Waals surface area contributed by atoms with Gasteiger partial charge in [-0.3, -0.25) is 0 Å². The fraction of sp³-hybridized carbons (Fsp3) is 0.625. The van der Waals surface area contributed by atoms with Gasteiger partial charge in [0, 0.05) is 6.04 Å². The van der Waals surface area contributed by atoms with Crippen LogP contribution in [0, 0.1) is 12.8 Å². The van der Waals surface area contributed by atoms with Gasteiger partial charge in [-0.25, -0.2) is 0 Å². The Balaban J connectivity index is 2.04. The first-order valence-electron chi connectivity index (χ1n) is 7.33. The summed E-state index contributed by atoms with van der Waals surface area (Å²) in [7, 11) is 0. The topological polar surface area (TPSA) is 38.0 Å². The number of rotatable bonds is 4. The maximum absolute atomic E-state index is 6.09. The average Bonchev–Trinajstić information content (AvgIpc) is 2.39. The van der Waals surface area contributed by atoms with Crippen LogP contribution in [0.4, 0.5) is 11.4 Å². The first-order valence-corrected chi connectivity index (χ1v) is 7.33. The summed E-state index contributed by atoms with van der Waals surface area (Å²) in [6.07, 6.45) is 8.13. The second kappa shape index (κ2) is 6.12. The molecule has 18 heavy (non-hydrogen) atoms. The molecule has 1 saturated carbocycles. The Kier molecular flexibility index (Phi) is 4.51. The highest BCUT2D eigenvalue weighted by Crippen LogP contribution is 2.31. The fourth-order valence-corrected chi connectivity index (χ4v) is 3.10. The average molecular weight is 246 g/mol. The van der Waals surface area contributed by atoms with E-state index < -0.39 is 0 Å². The third-order valence-corrected chi connectivity index (χ3v) is 4.21. The van der Waals surface area contributed by atoms with Crippen molar-refractivity contribution in [2.45, 2.75) is 58.4 Å². The van der Waals surface area contributed by atoms with E-state index in [2.05, 4.69) is 37.4 Å². The van der Waals surface area contributed by atoms with Gasteiger partial charge in [-0.2, -0.15) is 0 Å². The Morgan fingerprint density at radius 2 is 2.00 bits per heavy atom. The number of aryl methyl sites for hydroxylation is 1. The molecule has 0 spiro atoms. The maximum atomic E-state index is 6.09. The molecule has 1 atom stereocenters. The summed E-state index contributed by atoms with van der Waals surface area (Å²) >= 11 is 0. The van der Waals surface area contributed by atoms with Crippen molar-refractivity contribution in [3.8, 4) is 0 Å². The van der Waals surface area contributed by atoms with Crippen molar-refractivity contribution in [2.75, 3.05) is 11.1 Å². The van der Waals surface area contributed by atoms with Gasteiger partial charge in [0.15, 0.2) is 0 Å². The molecule has 0 bridgehead atoms. The first-order chi connectivity index (χ1) is 8.70. The van der Waals surface area contributed by atoms with E-state index in [0.717, 1.165) is 17.3 Å². The van der Waals surface area contributed by atoms with E-state index in [9.17, 15) is 0 Å². The molecule has 1 aromatic carbocycles. The molecule has 0 aliphatic heterocycles. The summed E-state index contributed by atoms with van der Waals surface area (Å²) in [4.78, 5) is 0. The normalized spacial score (nSPS) is 18.6. The van der Waals surface area contributed by atoms with Crippen LogP contribution >= 0.6 is 0 Å². The number of hydrogen-bond acceptors (Lipinski definition) is 2. The second-order valence-electron chi connectivity index (χ2n) is 5.65. The van der Waals surface area contributed by atoms with Crippen molar-refractivity contribution in [2.24, 2.45) is 5.92 Å². The molecule has 1 aliphatic rings. The van der Waals surface area contributed by atoms with Gasteiger partial charge in [0.05, 0.1) is 11.4 Å².